The molecular formula is C18H19ClIN5O4. The Hall–Kier alpha value is -1.57. The molecule has 2 aromatic heterocycles. The molecule has 0 radical (unpaired) electrons. The molecule has 0 unspecified atom stereocenters. The average Bonchev–Trinajstić information content (AvgIpc) is 3.22. The van der Waals surface area contributed by atoms with Crippen molar-refractivity contribution in [1.29, 1.82) is 0 Å². The molecule has 154 valence electrons. The number of aliphatic hydroxyl groups excluding tert-OH is 2. The number of hydrogen-bond acceptors (Lipinski definition) is 8. The third kappa shape index (κ3) is 4.18. The van der Waals surface area contributed by atoms with Gasteiger partial charge < -0.3 is 25.0 Å². The Kier molecular flexibility index (Phi) is 6.18. The van der Waals surface area contributed by atoms with E-state index in [4.69, 9.17) is 21.1 Å². The molecule has 11 heteroatoms. The van der Waals surface area contributed by atoms with Crippen molar-refractivity contribution < 1.29 is 19.7 Å². The van der Waals surface area contributed by atoms with Gasteiger partial charge in [-0.2, -0.15) is 9.97 Å². The van der Waals surface area contributed by atoms with E-state index in [1.54, 1.807) is 4.57 Å². The highest BCUT2D eigenvalue weighted by molar-refractivity contribution is 14.1. The topological polar surface area (TPSA) is 115 Å². The van der Waals surface area contributed by atoms with Gasteiger partial charge >= 0.3 is 0 Å². The van der Waals surface area contributed by atoms with Crippen LogP contribution in [0.25, 0.3) is 11.2 Å². The minimum absolute atomic E-state index is 0.0332. The normalized spacial score (nSPS) is 24.3. The van der Waals surface area contributed by atoms with Crippen LogP contribution < -0.4 is 5.32 Å². The Morgan fingerprint density at radius 1 is 1.31 bits per heavy atom. The van der Waals surface area contributed by atoms with Crippen molar-refractivity contribution in [3.05, 3.63) is 45.0 Å². The maximum atomic E-state index is 10.4. The summed E-state index contributed by atoms with van der Waals surface area (Å²) in [5.74, 6) is 0.471. The Morgan fingerprint density at radius 3 is 2.90 bits per heavy atom. The zero-order chi connectivity index (χ0) is 20.5. The van der Waals surface area contributed by atoms with Gasteiger partial charge in [0.25, 0.3) is 0 Å². The summed E-state index contributed by atoms with van der Waals surface area (Å²) in [7, 11) is 1.50. The third-order valence-electron chi connectivity index (χ3n) is 4.69. The SMILES string of the molecule is COC[C@H]1O[C@@H](n2cnc3c(NCc4cccc(I)c4)nc(Cl)nc32)[C@H](O)[C@@H]1O. The number of hydrogen-bond donors (Lipinski definition) is 3. The highest BCUT2D eigenvalue weighted by Gasteiger charge is 2.44. The summed E-state index contributed by atoms with van der Waals surface area (Å²) in [6.45, 7) is 0.684. The molecule has 4 atom stereocenters. The van der Waals surface area contributed by atoms with Crippen molar-refractivity contribution in [2.24, 2.45) is 0 Å². The van der Waals surface area contributed by atoms with Crippen LogP contribution in [0.1, 0.15) is 11.8 Å². The quantitative estimate of drug-likeness (QED) is 0.327. The zero-order valence-corrected chi connectivity index (χ0v) is 18.3. The molecule has 0 bridgehead atoms. The van der Waals surface area contributed by atoms with E-state index in [0.29, 0.717) is 23.5 Å². The highest BCUT2D eigenvalue weighted by Crippen LogP contribution is 2.33. The van der Waals surface area contributed by atoms with E-state index in [-0.39, 0.29) is 11.9 Å². The number of halogens is 2. The molecule has 0 amide bonds. The number of aliphatic hydroxyl groups is 2. The number of fused-ring (bicyclic) bond motifs is 1. The first kappa shape index (κ1) is 20.7. The van der Waals surface area contributed by atoms with Gasteiger partial charge in [-0.3, -0.25) is 4.57 Å². The fourth-order valence-corrected chi connectivity index (χ4v) is 4.07. The first-order valence-electron chi connectivity index (χ1n) is 8.87. The maximum Gasteiger partial charge on any atom is 0.226 e. The van der Waals surface area contributed by atoms with Gasteiger partial charge in [0.2, 0.25) is 5.28 Å². The molecule has 0 saturated carbocycles. The van der Waals surface area contributed by atoms with Gasteiger partial charge in [-0.05, 0) is 51.9 Å². The van der Waals surface area contributed by atoms with E-state index >= 15 is 0 Å². The molecule has 1 aliphatic heterocycles. The molecule has 3 heterocycles. The molecule has 9 nitrogen and oxygen atoms in total. The van der Waals surface area contributed by atoms with Crippen LogP contribution >= 0.6 is 34.2 Å². The number of nitrogens with zero attached hydrogens (tertiary/aromatic N) is 4. The standard InChI is InChI=1S/C18H19ClIN5O4/c1-28-7-11-13(26)14(27)17(29-11)25-8-22-12-15(23-18(19)24-16(12)25)21-6-9-3-2-4-10(20)5-9/h2-5,8,11,13-14,17,26-27H,6-7H2,1H3,(H,21,23,24)/t11-,13-,14-,17-/m1/s1. The summed E-state index contributed by atoms with van der Waals surface area (Å²) < 4.78 is 13.5. The summed E-state index contributed by atoms with van der Waals surface area (Å²) in [5, 5.41) is 23.9. The van der Waals surface area contributed by atoms with Crippen LogP contribution in [0.5, 0.6) is 0 Å². The maximum absolute atomic E-state index is 10.4. The number of ether oxygens (including phenoxy) is 2. The fraction of sp³-hybridized carbons (Fsp3) is 0.389. The van der Waals surface area contributed by atoms with Crippen LogP contribution in [0.3, 0.4) is 0 Å². The second-order valence-corrected chi connectivity index (χ2v) is 8.23. The number of nitrogens with one attached hydrogen (secondary N) is 1. The van der Waals surface area contributed by atoms with Gasteiger partial charge in [0.1, 0.15) is 18.3 Å². The van der Waals surface area contributed by atoms with Gasteiger partial charge in [0, 0.05) is 17.2 Å². The first-order valence-corrected chi connectivity index (χ1v) is 10.3. The Balaban J connectivity index is 1.63. The Morgan fingerprint density at radius 2 is 2.14 bits per heavy atom. The number of benzene rings is 1. The summed E-state index contributed by atoms with van der Waals surface area (Å²) in [6.07, 6.45) is -2.29. The molecule has 4 rings (SSSR count). The second-order valence-electron chi connectivity index (χ2n) is 6.65. The monoisotopic (exact) mass is 531 g/mol. The molecule has 1 aromatic carbocycles. The van der Waals surface area contributed by atoms with Crippen LogP contribution in [0.2, 0.25) is 5.28 Å². The molecular weight excluding hydrogens is 513 g/mol. The fourth-order valence-electron chi connectivity index (χ4n) is 3.29. The average molecular weight is 532 g/mol. The lowest BCUT2D eigenvalue weighted by Gasteiger charge is -2.16. The van der Waals surface area contributed by atoms with E-state index in [1.807, 2.05) is 18.2 Å². The Labute approximate surface area is 185 Å². The van der Waals surface area contributed by atoms with Crippen LogP contribution in [0.15, 0.2) is 30.6 Å². The molecule has 3 N–H and O–H groups in total. The number of anilines is 1. The van der Waals surface area contributed by atoms with Gasteiger partial charge in [0.15, 0.2) is 23.2 Å². The summed E-state index contributed by atoms with van der Waals surface area (Å²) >= 11 is 8.39. The number of aromatic nitrogens is 4. The summed E-state index contributed by atoms with van der Waals surface area (Å²) in [4.78, 5) is 12.9. The van der Waals surface area contributed by atoms with Crippen molar-refractivity contribution in [2.45, 2.75) is 31.1 Å². The molecule has 0 spiro atoms. The summed E-state index contributed by atoms with van der Waals surface area (Å²) in [6, 6.07) is 8.07. The highest BCUT2D eigenvalue weighted by atomic mass is 127. The zero-order valence-electron chi connectivity index (χ0n) is 15.4. The lowest BCUT2D eigenvalue weighted by molar-refractivity contribution is -0.0580. The Bertz CT molecular complexity index is 1020. The third-order valence-corrected chi connectivity index (χ3v) is 5.53. The van der Waals surface area contributed by atoms with Gasteiger partial charge in [-0.25, -0.2) is 4.98 Å². The van der Waals surface area contributed by atoms with Crippen LogP contribution in [-0.2, 0) is 16.0 Å². The van der Waals surface area contributed by atoms with Crippen LogP contribution in [0.4, 0.5) is 5.82 Å². The van der Waals surface area contributed by atoms with E-state index in [1.165, 1.54) is 13.4 Å². The van der Waals surface area contributed by atoms with Gasteiger partial charge in [-0.1, -0.05) is 12.1 Å². The van der Waals surface area contributed by atoms with Crippen molar-refractivity contribution in [2.75, 3.05) is 19.0 Å². The molecule has 0 aliphatic carbocycles. The molecule has 29 heavy (non-hydrogen) atoms. The molecule has 1 aliphatic rings. The molecule has 3 aromatic rings. The van der Waals surface area contributed by atoms with Crippen molar-refractivity contribution in [1.82, 2.24) is 19.5 Å². The lowest BCUT2D eigenvalue weighted by atomic mass is 10.1. The lowest BCUT2D eigenvalue weighted by Crippen LogP contribution is -2.33. The number of rotatable bonds is 6. The van der Waals surface area contributed by atoms with Crippen LogP contribution in [-0.4, -0.2) is 61.8 Å². The first-order chi connectivity index (χ1) is 14.0. The van der Waals surface area contributed by atoms with Crippen molar-refractivity contribution in [3.63, 3.8) is 0 Å². The van der Waals surface area contributed by atoms with Crippen molar-refractivity contribution >= 4 is 51.2 Å². The van der Waals surface area contributed by atoms with Crippen LogP contribution in [0, 0.1) is 3.57 Å². The van der Waals surface area contributed by atoms with Gasteiger partial charge in [0.05, 0.1) is 12.9 Å². The van der Waals surface area contributed by atoms with E-state index in [2.05, 4.69) is 48.9 Å². The number of methoxy groups -OCH3 is 1. The van der Waals surface area contributed by atoms with Gasteiger partial charge in [-0.15, -0.1) is 0 Å². The van der Waals surface area contributed by atoms with E-state index in [0.717, 1.165) is 9.13 Å². The number of imidazole rings is 1. The minimum atomic E-state index is -1.16. The summed E-state index contributed by atoms with van der Waals surface area (Å²) in [5.41, 5.74) is 1.96. The predicted octanol–water partition coefficient (Wildman–Crippen LogP) is 1.96. The largest absolute Gasteiger partial charge is 0.387 e. The molecule has 1 saturated heterocycles. The molecule has 1 fully saturated rings. The predicted molar refractivity (Wildman–Crippen MR) is 115 cm³/mol. The smallest absolute Gasteiger partial charge is 0.226 e. The van der Waals surface area contributed by atoms with Crippen molar-refractivity contribution in [3.8, 4) is 0 Å². The van der Waals surface area contributed by atoms with E-state index in [9.17, 15) is 10.2 Å². The second kappa shape index (κ2) is 8.66. The van der Waals surface area contributed by atoms with E-state index < -0.39 is 24.5 Å². The minimum Gasteiger partial charge on any atom is -0.387 e.